The Morgan fingerprint density at radius 1 is 1.24 bits per heavy atom. The van der Waals surface area contributed by atoms with Gasteiger partial charge in [-0.25, -0.2) is 0 Å². The molecule has 0 amide bonds. The van der Waals surface area contributed by atoms with Gasteiger partial charge in [-0.3, -0.25) is 0 Å². The first-order valence-corrected chi connectivity index (χ1v) is 10.7. The smallest absolute Gasteiger partial charge is 0.103 e. The van der Waals surface area contributed by atoms with E-state index in [1.165, 1.54) is 5.19 Å². The van der Waals surface area contributed by atoms with Crippen LogP contribution in [0.25, 0.3) is 0 Å². The summed E-state index contributed by atoms with van der Waals surface area (Å²) in [5.41, 5.74) is 2.24. The van der Waals surface area contributed by atoms with Crippen molar-refractivity contribution < 1.29 is 9.47 Å². The second kappa shape index (κ2) is 7.21. The summed E-state index contributed by atoms with van der Waals surface area (Å²) in [5, 5.41) is 1.45. The number of benzene rings is 1. The van der Waals surface area contributed by atoms with E-state index in [0.29, 0.717) is 6.61 Å². The number of ether oxygens (including phenoxy) is 2. The highest BCUT2D eigenvalue weighted by Crippen LogP contribution is 2.27. The molecule has 0 aromatic heterocycles. The molecule has 1 saturated heterocycles. The van der Waals surface area contributed by atoms with Gasteiger partial charge in [0.2, 0.25) is 0 Å². The highest BCUT2D eigenvalue weighted by molar-refractivity contribution is 6.93. The lowest BCUT2D eigenvalue weighted by atomic mass is 9.94. The summed E-state index contributed by atoms with van der Waals surface area (Å²) >= 11 is 0. The zero-order chi connectivity index (χ0) is 15.2. The van der Waals surface area contributed by atoms with Crippen LogP contribution in [-0.2, 0) is 9.47 Å². The fourth-order valence-corrected chi connectivity index (χ4v) is 4.59. The van der Waals surface area contributed by atoms with Gasteiger partial charge in [-0.05, 0) is 0 Å². The average molecular weight is 302 g/mol. The first kappa shape index (κ1) is 16.2. The first-order valence-electron chi connectivity index (χ1n) is 7.67. The monoisotopic (exact) mass is 302 g/mol. The summed E-state index contributed by atoms with van der Waals surface area (Å²) < 4.78 is 11.6. The summed E-state index contributed by atoms with van der Waals surface area (Å²) in [4.78, 5) is 0. The molecule has 3 heteroatoms. The van der Waals surface area contributed by atoms with Crippen molar-refractivity contribution in [2.24, 2.45) is 0 Å². The van der Waals surface area contributed by atoms with E-state index < -0.39 is 8.07 Å². The fourth-order valence-electron chi connectivity index (χ4n) is 2.63. The minimum atomic E-state index is -1.58. The van der Waals surface area contributed by atoms with Crippen molar-refractivity contribution in [2.45, 2.75) is 31.5 Å². The van der Waals surface area contributed by atoms with Gasteiger partial charge in [-0.2, -0.15) is 0 Å². The Hall–Kier alpha value is -1.16. The van der Waals surface area contributed by atoms with Crippen LogP contribution in [0.2, 0.25) is 13.1 Å². The van der Waals surface area contributed by atoms with E-state index in [1.807, 2.05) is 6.08 Å². The van der Waals surface area contributed by atoms with Crippen LogP contribution in [0.3, 0.4) is 0 Å². The second-order valence-electron chi connectivity index (χ2n) is 6.20. The molecule has 0 spiro atoms. The molecular weight excluding hydrogens is 276 g/mol. The van der Waals surface area contributed by atoms with Crippen LogP contribution in [-0.4, -0.2) is 33.5 Å². The third-order valence-electron chi connectivity index (χ3n) is 4.15. The zero-order valence-corrected chi connectivity index (χ0v) is 14.2. The van der Waals surface area contributed by atoms with E-state index in [0.717, 1.165) is 26.1 Å². The van der Waals surface area contributed by atoms with E-state index in [9.17, 15) is 0 Å². The molecule has 0 atom stereocenters. The largest absolute Gasteiger partial charge is 0.381 e. The Morgan fingerprint density at radius 2 is 1.90 bits per heavy atom. The molecule has 114 valence electrons. The van der Waals surface area contributed by atoms with Crippen molar-refractivity contribution in [1.82, 2.24) is 0 Å². The zero-order valence-electron chi connectivity index (χ0n) is 13.2. The molecular formula is C18H26O2Si. The maximum absolute atomic E-state index is 6.09. The summed E-state index contributed by atoms with van der Waals surface area (Å²) in [5.74, 6) is 0. The van der Waals surface area contributed by atoms with Crippen molar-refractivity contribution in [3.8, 4) is 0 Å². The van der Waals surface area contributed by atoms with Gasteiger partial charge in [-0.1, -0.05) is 66.5 Å². The van der Waals surface area contributed by atoms with E-state index >= 15 is 0 Å². The van der Waals surface area contributed by atoms with Gasteiger partial charge in [0, 0.05) is 26.1 Å². The Kier molecular flexibility index (Phi) is 5.56. The average Bonchev–Trinajstić information content (AvgIpc) is 2.53. The highest BCUT2D eigenvalue weighted by atomic mass is 28.3. The van der Waals surface area contributed by atoms with Gasteiger partial charge in [-0.15, -0.1) is 6.58 Å². The molecule has 1 aromatic carbocycles. The van der Waals surface area contributed by atoms with Crippen LogP contribution in [0.5, 0.6) is 0 Å². The van der Waals surface area contributed by atoms with Gasteiger partial charge in [0.1, 0.15) is 8.07 Å². The van der Waals surface area contributed by atoms with Crippen molar-refractivity contribution in [2.75, 3.05) is 19.8 Å². The lowest BCUT2D eigenvalue weighted by Crippen LogP contribution is -2.42. The molecule has 1 aliphatic rings. The van der Waals surface area contributed by atoms with E-state index in [2.05, 4.69) is 61.8 Å². The van der Waals surface area contributed by atoms with Crippen LogP contribution >= 0.6 is 0 Å². The topological polar surface area (TPSA) is 18.5 Å². The van der Waals surface area contributed by atoms with Gasteiger partial charge >= 0.3 is 0 Å². The van der Waals surface area contributed by atoms with Crippen molar-refractivity contribution in [1.29, 1.82) is 0 Å². The van der Waals surface area contributed by atoms with Crippen LogP contribution < -0.4 is 5.19 Å². The number of hydrogen-bond donors (Lipinski definition) is 0. The third kappa shape index (κ3) is 4.40. The van der Waals surface area contributed by atoms with Gasteiger partial charge in [0.15, 0.2) is 0 Å². The summed E-state index contributed by atoms with van der Waals surface area (Å²) in [6, 6.07) is 10.8. The normalized spacial score (nSPS) is 18.8. The number of hydrogen-bond acceptors (Lipinski definition) is 2. The van der Waals surface area contributed by atoms with E-state index in [1.54, 1.807) is 0 Å². The molecule has 0 radical (unpaired) electrons. The molecule has 1 heterocycles. The van der Waals surface area contributed by atoms with Crippen LogP contribution in [0.1, 0.15) is 12.8 Å². The molecule has 0 aliphatic carbocycles. The molecule has 2 nitrogen and oxygen atoms in total. The summed E-state index contributed by atoms with van der Waals surface area (Å²) in [6.07, 6.45) is 5.98. The molecule has 21 heavy (non-hydrogen) atoms. The predicted molar refractivity (Wildman–Crippen MR) is 91.6 cm³/mol. The first-order chi connectivity index (χ1) is 10.1. The molecule has 0 N–H and O–H groups in total. The minimum absolute atomic E-state index is 0.175. The molecule has 1 fully saturated rings. The molecule has 1 aliphatic heterocycles. The van der Waals surface area contributed by atoms with Gasteiger partial charge in [0.05, 0.1) is 12.2 Å². The Balaban J connectivity index is 2.16. The van der Waals surface area contributed by atoms with Gasteiger partial charge in [0.25, 0.3) is 0 Å². The minimum Gasteiger partial charge on any atom is -0.381 e. The molecule has 0 saturated carbocycles. The lowest BCUT2D eigenvalue weighted by molar-refractivity contribution is -0.0712. The summed E-state index contributed by atoms with van der Waals surface area (Å²) in [7, 11) is -1.58. The molecule has 0 unspecified atom stereocenters. The van der Waals surface area contributed by atoms with Crippen molar-refractivity contribution >= 4 is 13.3 Å². The van der Waals surface area contributed by atoms with Crippen molar-refractivity contribution in [3.05, 3.63) is 54.8 Å². The number of rotatable bonds is 6. The van der Waals surface area contributed by atoms with Gasteiger partial charge < -0.3 is 9.47 Å². The van der Waals surface area contributed by atoms with Crippen LogP contribution in [0.4, 0.5) is 0 Å². The standard InChI is InChI=1S/C18H26O2Si/c1-4-13-20-18(10-14-19-15-11-18)12-16-21(2,3)17-8-6-5-7-9-17/h4-9,12,16H,1,10-11,13-15H2,2-3H3/b16-12+. The molecule has 2 rings (SSSR count). The third-order valence-corrected chi connectivity index (χ3v) is 6.97. The second-order valence-corrected chi connectivity index (χ2v) is 10.6. The SMILES string of the molecule is C=CCOC1(/C=C/[Si](C)(C)c2ccccc2)CCOCC1. The highest BCUT2D eigenvalue weighted by Gasteiger charge is 2.32. The molecule has 1 aromatic rings. The van der Waals surface area contributed by atoms with E-state index in [-0.39, 0.29) is 5.60 Å². The Bertz CT molecular complexity index is 473. The maximum atomic E-state index is 6.09. The lowest BCUT2D eigenvalue weighted by Gasteiger charge is -2.35. The Morgan fingerprint density at radius 3 is 2.52 bits per heavy atom. The quantitative estimate of drug-likeness (QED) is 0.592. The maximum Gasteiger partial charge on any atom is 0.103 e. The van der Waals surface area contributed by atoms with Crippen LogP contribution in [0.15, 0.2) is 54.8 Å². The van der Waals surface area contributed by atoms with Crippen LogP contribution in [0, 0.1) is 0 Å². The summed E-state index contributed by atoms with van der Waals surface area (Å²) in [6.45, 7) is 10.6. The predicted octanol–water partition coefficient (Wildman–Crippen LogP) is 3.45. The Labute approximate surface area is 129 Å². The fraction of sp³-hybridized carbons (Fsp3) is 0.444. The molecule has 0 bridgehead atoms. The van der Waals surface area contributed by atoms with E-state index in [4.69, 9.17) is 9.47 Å². The van der Waals surface area contributed by atoms with Crippen molar-refractivity contribution in [3.63, 3.8) is 0 Å².